The van der Waals surface area contributed by atoms with Gasteiger partial charge in [0.05, 0.1) is 22.8 Å². The van der Waals surface area contributed by atoms with Crippen LogP contribution in [0.25, 0.3) is 68.6 Å². The summed E-state index contributed by atoms with van der Waals surface area (Å²) >= 11 is 0. The second-order valence-electron chi connectivity index (χ2n) is 9.76. The first-order valence-corrected chi connectivity index (χ1v) is 12.5. The Balaban J connectivity index is 1.40. The summed E-state index contributed by atoms with van der Waals surface area (Å²) in [4.78, 5) is 17.0. The van der Waals surface area contributed by atoms with Crippen molar-refractivity contribution in [2.75, 3.05) is 0 Å². The number of hydrogen-bond donors (Lipinski definition) is 2. The van der Waals surface area contributed by atoms with Gasteiger partial charge in [-0.25, -0.2) is 9.97 Å². The second kappa shape index (κ2) is 7.77. The van der Waals surface area contributed by atoms with Crippen molar-refractivity contribution >= 4 is 46.4 Å². The Hall–Kier alpha value is -4.96. The lowest BCUT2D eigenvalue weighted by Crippen LogP contribution is -1.91. The molecule has 0 unspecified atom stereocenters. The fourth-order valence-electron chi connectivity index (χ4n) is 5.60. The minimum atomic E-state index is 0.919. The van der Waals surface area contributed by atoms with Crippen LogP contribution in [-0.2, 0) is 6.42 Å². The highest BCUT2D eigenvalue weighted by molar-refractivity contribution is 5.90. The average molecular weight is 475 g/mol. The van der Waals surface area contributed by atoms with Gasteiger partial charge >= 0.3 is 0 Å². The van der Waals surface area contributed by atoms with Crippen molar-refractivity contribution in [1.82, 2.24) is 19.9 Å². The Morgan fingerprint density at radius 2 is 1.11 bits per heavy atom. The average Bonchev–Trinajstić information content (AvgIpc) is 3.73. The topological polar surface area (TPSA) is 57.4 Å². The van der Waals surface area contributed by atoms with E-state index in [9.17, 15) is 0 Å². The predicted molar refractivity (Wildman–Crippen MR) is 153 cm³/mol. The number of aromatic amines is 2. The summed E-state index contributed by atoms with van der Waals surface area (Å²) in [6.45, 7) is 0. The molecule has 2 aromatic carbocycles. The lowest BCUT2D eigenvalue weighted by molar-refractivity contribution is 1.25. The molecule has 0 spiro atoms. The van der Waals surface area contributed by atoms with Crippen molar-refractivity contribution in [3.05, 3.63) is 119 Å². The van der Waals surface area contributed by atoms with Gasteiger partial charge in [-0.15, -0.1) is 0 Å². The van der Waals surface area contributed by atoms with E-state index < -0.39 is 0 Å². The lowest BCUT2D eigenvalue weighted by atomic mass is 9.97. The third-order valence-corrected chi connectivity index (χ3v) is 7.30. The third kappa shape index (κ3) is 3.46. The highest BCUT2D eigenvalue weighted by atomic mass is 14.8. The first-order chi connectivity index (χ1) is 18.2. The zero-order chi connectivity index (χ0) is 24.3. The molecule has 1 aliphatic carbocycles. The monoisotopic (exact) mass is 474 g/mol. The van der Waals surface area contributed by atoms with Gasteiger partial charge in [-0.2, -0.15) is 0 Å². The van der Waals surface area contributed by atoms with Gasteiger partial charge < -0.3 is 9.97 Å². The lowest BCUT2D eigenvalue weighted by Gasteiger charge is -2.08. The quantitative estimate of drug-likeness (QED) is 0.254. The van der Waals surface area contributed by atoms with Gasteiger partial charge in [-0.3, -0.25) is 0 Å². The van der Waals surface area contributed by atoms with E-state index in [-0.39, 0.29) is 0 Å². The van der Waals surface area contributed by atoms with Crippen molar-refractivity contribution in [2.24, 2.45) is 0 Å². The Kier molecular flexibility index (Phi) is 4.25. The molecule has 0 saturated carbocycles. The second-order valence-corrected chi connectivity index (χ2v) is 9.76. The molecule has 0 fully saturated rings. The van der Waals surface area contributed by atoms with Crippen molar-refractivity contribution in [3.63, 3.8) is 0 Å². The largest absolute Gasteiger partial charge is 0.355 e. The summed E-state index contributed by atoms with van der Waals surface area (Å²) in [6, 6.07) is 30.1. The van der Waals surface area contributed by atoms with Crippen LogP contribution < -0.4 is 0 Å². The fraction of sp³-hybridized carbons (Fsp3) is 0.0303. The maximum absolute atomic E-state index is 5.03. The van der Waals surface area contributed by atoms with Gasteiger partial charge in [0.25, 0.3) is 0 Å². The number of hydrogen-bond acceptors (Lipinski definition) is 2. The number of benzene rings is 2. The summed E-state index contributed by atoms with van der Waals surface area (Å²) in [6.07, 6.45) is 9.31. The van der Waals surface area contributed by atoms with Crippen LogP contribution in [0.5, 0.6) is 0 Å². The first-order valence-electron chi connectivity index (χ1n) is 12.5. The van der Waals surface area contributed by atoms with E-state index in [1.165, 1.54) is 22.3 Å². The molecule has 3 aliphatic rings. The first kappa shape index (κ1) is 20.3. The molecule has 5 heterocycles. The molecule has 4 nitrogen and oxygen atoms in total. The number of H-pyrrole nitrogens is 2. The van der Waals surface area contributed by atoms with Crippen LogP contribution in [0.3, 0.4) is 0 Å². The smallest absolute Gasteiger partial charge is 0.0737 e. The van der Waals surface area contributed by atoms with Crippen molar-refractivity contribution in [1.29, 1.82) is 0 Å². The Bertz CT molecular complexity index is 1870. The zero-order valence-corrected chi connectivity index (χ0v) is 20.0. The SMILES string of the molecule is C1=Cc2nc1cc1ccc(cc3ccc(cc4nc(c2-c2ccc5c(c2)Cc2ccccc2-5)C=C4)[nH]3)[nH]1. The molecule has 0 atom stereocenters. The minimum absolute atomic E-state index is 0.919. The molecule has 37 heavy (non-hydrogen) atoms. The predicted octanol–water partition coefficient (Wildman–Crippen LogP) is 7.89. The van der Waals surface area contributed by atoms with Crippen LogP contribution in [0.15, 0.2) is 84.9 Å². The molecule has 0 saturated heterocycles. The number of nitrogens with zero attached hydrogens (tertiary/aromatic N) is 2. The summed E-state index contributed by atoms with van der Waals surface area (Å²) in [5, 5.41) is 0. The van der Waals surface area contributed by atoms with Gasteiger partial charge in [0.1, 0.15) is 0 Å². The maximum Gasteiger partial charge on any atom is 0.0737 e. The molecule has 2 N–H and O–H groups in total. The van der Waals surface area contributed by atoms with E-state index in [0.29, 0.717) is 0 Å². The normalized spacial score (nSPS) is 13.1. The van der Waals surface area contributed by atoms with Crippen LogP contribution in [0.4, 0.5) is 0 Å². The van der Waals surface area contributed by atoms with Crippen molar-refractivity contribution in [3.8, 4) is 22.3 Å². The standard InChI is InChI=1S/C33H22N4/c1-2-4-29-20(3-1)15-22-16-21(5-12-30(22)29)33-31-13-10-27(36-31)18-25-8-6-23(34-25)17-24-7-9-26(35-24)19-28-11-14-32(33)37-28/h1-14,16-19,34-35H,15H2. The van der Waals surface area contributed by atoms with E-state index >= 15 is 0 Å². The maximum atomic E-state index is 5.03. The molecule has 3 aromatic heterocycles. The van der Waals surface area contributed by atoms with E-state index in [2.05, 4.69) is 119 Å². The highest BCUT2D eigenvalue weighted by Crippen LogP contribution is 2.40. The number of rotatable bonds is 1. The van der Waals surface area contributed by atoms with Crippen LogP contribution in [0.2, 0.25) is 0 Å². The van der Waals surface area contributed by atoms with E-state index in [1.54, 1.807) is 0 Å². The number of nitrogens with one attached hydrogen (secondary N) is 2. The molecule has 174 valence electrons. The molecular formula is C33H22N4. The van der Waals surface area contributed by atoms with Crippen LogP contribution >= 0.6 is 0 Å². The van der Waals surface area contributed by atoms with Gasteiger partial charge in [0, 0.05) is 27.6 Å². The Morgan fingerprint density at radius 1 is 0.514 bits per heavy atom. The molecule has 2 aliphatic heterocycles. The molecule has 0 radical (unpaired) electrons. The molecule has 5 aromatic rings. The molecular weight excluding hydrogens is 452 g/mol. The summed E-state index contributed by atoms with van der Waals surface area (Å²) in [7, 11) is 0. The van der Waals surface area contributed by atoms with Crippen molar-refractivity contribution < 1.29 is 0 Å². The van der Waals surface area contributed by atoms with Crippen LogP contribution in [0, 0.1) is 0 Å². The van der Waals surface area contributed by atoms with Gasteiger partial charge in [-0.1, -0.05) is 42.5 Å². The van der Waals surface area contributed by atoms with E-state index in [1.807, 2.05) is 0 Å². The molecule has 8 bridgehead atoms. The summed E-state index contributed by atoms with van der Waals surface area (Å²) < 4.78 is 0. The number of aromatic nitrogens is 4. The van der Waals surface area contributed by atoms with Crippen molar-refractivity contribution in [2.45, 2.75) is 6.42 Å². The Morgan fingerprint density at radius 3 is 1.78 bits per heavy atom. The zero-order valence-electron chi connectivity index (χ0n) is 20.0. The third-order valence-electron chi connectivity index (χ3n) is 7.30. The number of fused-ring (bicyclic) bond motifs is 11. The summed E-state index contributed by atoms with van der Waals surface area (Å²) in [5.41, 5.74) is 15.4. The fourth-order valence-corrected chi connectivity index (χ4v) is 5.60. The molecule has 0 amide bonds. The minimum Gasteiger partial charge on any atom is -0.355 e. The Labute approximate surface area is 213 Å². The van der Waals surface area contributed by atoms with Gasteiger partial charge in [-0.05, 0) is 101 Å². The molecule has 4 heteroatoms. The van der Waals surface area contributed by atoms with Gasteiger partial charge in [0.2, 0.25) is 0 Å². The van der Waals surface area contributed by atoms with E-state index in [0.717, 1.165) is 62.4 Å². The molecule has 8 rings (SSSR count). The van der Waals surface area contributed by atoms with E-state index in [4.69, 9.17) is 9.97 Å². The summed E-state index contributed by atoms with van der Waals surface area (Å²) in [5.74, 6) is 0. The highest BCUT2D eigenvalue weighted by Gasteiger charge is 2.20. The van der Waals surface area contributed by atoms with Crippen LogP contribution in [-0.4, -0.2) is 19.9 Å². The van der Waals surface area contributed by atoms with Crippen LogP contribution in [0.1, 0.15) is 33.9 Å². The van der Waals surface area contributed by atoms with Gasteiger partial charge in [0.15, 0.2) is 0 Å².